The zero-order chi connectivity index (χ0) is 8.06. The van der Waals surface area contributed by atoms with Crippen molar-refractivity contribution in [2.45, 2.75) is 25.7 Å². The van der Waals surface area contributed by atoms with E-state index in [4.69, 9.17) is 9.47 Å². The van der Waals surface area contributed by atoms with Gasteiger partial charge in [0.1, 0.15) is 0 Å². The van der Waals surface area contributed by atoms with E-state index >= 15 is 0 Å². The van der Waals surface area contributed by atoms with Gasteiger partial charge >= 0.3 is 0 Å². The summed E-state index contributed by atoms with van der Waals surface area (Å²) in [6.07, 6.45) is 1.02. The van der Waals surface area contributed by atoms with E-state index in [9.17, 15) is 4.79 Å². The number of carbonyl (C=O) groups is 1. The summed E-state index contributed by atoms with van der Waals surface area (Å²) in [4.78, 5) is 11.0. The zero-order valence-electron chi connectivity index (χ0n) is 6.38. The predicted molar refractivity (Wildman–Crippen MR) is 36.3 cm³/mol. The van der Waals surface area contributed by atoms with Crippen LogP contribution in [0.25, 0.3) is 0 Å². The van der Waals surface area contributed by atoms with Crippen LogP contribution in [0.1, 0.15) is 13.8 Å². The van der Waals surface area contributed by atoms with E-state index < -0.39 is 11.9 Å². The summed E-state index contributed by atoms with van der Waals surface area (Å²) >= 11 is 0. The lowest BCUT2D eigenvalue weighted by molar-refractivity contribution is -0.152. The third-order valence-electron chi connectivity index (χ3n) is 1.62. The van der Waals surface area contributed by atoms with Crippen molar-refractivity contribution in [3.8, 4) is 0 Å². The number of hydrogen-bond donors (Lipinski definition) is 1. The fourth-order valence-corrected chi connectivity index (χ4v) is 1.21. The first-order valence-electron chi connectivity index (χ1n) is 3.46. The van der Waals surface area contributed by atoms with E-state index in [0.717, 1.165) is 0 Å². The second kappa shape index (κ2) is 1.76. The van der Waals surface area contributed by atoms with Crippen LogP contribution in [0.5, 0.6) is 0 Å². The van der Waals surface area contributed by atoms with Crippen LogP contribution >= 0.6 is 0 Å². The number of hydrogen-bond acceptors (Lipinski definition) is 3. The Hall–Kier alpha value is -1.03. The van der Waals surface area contributed by atoms with Crippen LogP contribution in [0.2, 0.25) is 0 Å². The Bertz CT molecular complexity index is 244. The summed E-state index contributed by atoms with van der Waals surface area (Å²) < 4.78 is 10.6. The molecule has 2 rings (SSSR count). The highest BCUT2D eigenvalue weighted by atomic mass is 16.7. The summed E-state index contributed by atoms with van der Waals surface area (Å²) in [6.45, 7) is 3.55. The fourth-order valence-electron chi connectivity index (χ4n) is 1.21. The number of nitrogens with one attached hydrogen (secondary N) is 1. The Morgan fingerprint density at radius 2 is 2.36 bits per heavy atom. The largest absolute Gasteiger partial charge is 0.462 e. The molecule has 4 heteroatoms. The fraction of sp³-hybridized carbons (Fsp3) is 0.571. The smallest absolute Gasteiger partial charge is 0.261 e. The van der Waals surface area contributed by atoms with Gasteiger partial charge in [-0.25, -0.2) is 0 Å². The first-order chi connectivity index (χ1) is 5.08. The molecule has 1 fully saturated rings. The van der Waals surface area contributed by atoms with Gasteiger partial charge in [-0.1, -0.05) is 0 Å². The molecule has 0 bridgehead atoms. The maximum absolute atomic E-state index is 11.0. The van der Waals surface area contributed by atoms with Crippen LogP contribution in [0, 0.1) is 0 Å². The molecule has 1 saturated heterocycles. The lowest BCUT2D eigenvalue weighted by Gasteiger charge is -2.16. The molecule has 0 unspecified atom stereocenters. The van der Waals surface area contributed by atoms with Crippen LogP contribution in [-0.4, -0.2) is 17.8 Å². The van der Waals surface area contributed by atoms with Gasteiger partial charge in [0.25, 0.3) is 5.91 Å². The molecule has 0 aliphatic carbocycles. The van der Waals surface area contributed by atoms with Gasteiger partial charge in [0, 0.05) is 20.0 Å². The molecule has 1 N–H and O–H groups in total. The van der Waals surface area contributed by atoms with Crippen molar-refractivity contribution in [1.29, 1.82) is 0 Å². The van der Waals surface area contributed by atoms with Crippen LogP contribution < -0.4 is 5.32 Å². The van der Waals surface area contributed by atoms with E-state index in [-0.39, 0.29) is 5.91 Å². The molecule has 2 aliphatic heterocycles. The minimum atomic E-state index is -0.658. The Labute approximate surface area is 64.2 Å². The molecule has 0 radical (unpaired) electrons. The second-order valence-corrected chi connectivity index (χ2v) is 3.06. The minimum Gasteiger partial charge on any atom is -0.462 e. The molecule has 1 atom stereocenters. The van der Waals surface area contributed by atoms with Gasteiger partial charge in [-0.05, 0) is 0 Å². The normalized spacial score (nSPS) is 32.4. The average molecular weight is 155 g/mol. The average Bonchev–Trinajstić information content (AvgIpc) is 2.31. The molecule has 1 amide bonds. The number of ether oxygens (including phenoxy) is 2. The van der Waals surface area contributed by atoms with Gasteiger partial charge in [0.2, 0.25) is 5.79 Å². The minimum absolute atomic E-state index is 0.148. The number of fused-ring (bicyclic) bond motifs is 1. The Morgan fingerprint density at radius 1 is 1.64 bits per heavy atom. The van der Waals surface area contributed by atoms with Crippen molar-refractivity contribution < 1.29 is 14.3 Å². The van der Waals surface area contributed by atoms with Crippen molar-refractivity contribution >= 4 is 5.91 Å². The lowest BCUT2D eigenvalue weighted by Crippen LogP contribution is -2.30. The summed E-state index contributed by atoms with van der Waals surface area (Å²) in [5, 5.41) is 2.51. The molecule has 0 saturated carbocycles. The van der Waals surface area contributed by atoms with Gasteiger partial charge in [-0.2, -0.15) is 0 Å². The molecule has 2 heterocycles. The monoisotopic (exact) mass is 155 g/mol. The molecule has 0 aromatic rings. The Kier molecular flexibility index (Phi) is 1.07. The van der Waals surface area contributed by atoms with Gasteiger partial charge < -0.3 is 14.8 Å². The molecule has 0 spiro atoms. The summed E-state index contributed by atoms with van der Waals surface area (Å²) in [5.74, 6) is -0.223. The topological polar surface area (TPSA) is 47.6 Å². The summed E-state index contributed by atoms with van der Waals surface area (Å²) in [7, 11) is 0. The van der Waals surface area contributed by atoms with Crippen molar-refractivity contribution in [2.75, 3.05) is 0 Å². The third-order valence-corrected chi connectivity index (χ3v) is 1.62. The standard InChI is InChI=1S/C7H9NO3/c1-7(2)10-4-3-8-6(9)5(4)11-7/h3,5H,1-2H3,(H,8,9)/t5-/m0/s1. The summed E-state index contributed by atoms with van der Waals surface area (Å²) in [6, 6.07) is 0. The Balaban J connectivity index is 2.26. The second-order valence-electron chi connectivity index (χ2n) is 3.06. The first kappa shape index (κ1) is 6.67. The molecule has 0 aromatic carbocycles. The first-order valence-corrected chi connectivity index (χ1v) is 3.46. The number of rotatable bonds is 0. The molecule has 11 heavy (non-hydrogen) atoms. The molecule has 0 aromatic heterocycles. The molecule has 4 nitrogen and oxygen atoms in total. The van der Waals surface area contributed by atoms with Crippen LogP contribution in [0.15, 0.2) is 12.0 Å². The molecule has 60 valence electrons. The number of carbonyl (C=O) groups excluding carboxylic acids is 1. The van der Waals surface area contributed by atoms with Gasteiger partial charge in [-0.15, -0.1) is 0 Å². The quantitative estimate of drug-likeness (QED) is 0.540. The van der Waals surface area contributed by atoms with E-state index in [2.05, 4.69) is 5.32 Å². The Morgan fingerprint density at radius 3 is 3.00 bits per heavy atom. The van der Waals surface area contributed by atoms with Crippen molar-refractivity contribution in [1.82, 2.24) is 5.32 Å². The van der Waals surface area contributed by atoms with Gasteiger partial charge in [0.05, 0.1) is 0 Å². The van der Waals surface area contributed by atoms with E-state index in [1.54, 1.807) is 20.0 Å². The van der Waals surface area contributed by atoms with E-state index in [1.807, 2.05) is 0 Å². The zero-order valence-corrected chi connectivity index (χ0v) is 6.38. The molecule has 2 aliphatic rings. The highest BCUT2D eigenvalue weighted by Gasteiger charge is 2.44. The maximum Gasteiger partial charge on any atom is 0.261 e. The van der Waals surface area contributed by atoms with E-state index in [1.165, 1.54) is 0 Å². The van der Waals surface area contributed by atoms with Crippen LogP contribution in [-0.2, 0) is 14.3 Å². The maximum atomic E-state index is 11.0. The van der Waals surface area contributed by atoms with Crippen LogP contribution in [0.4, 0.5) is 0 Å². The number of amides is 1. The van der Waals surface area contributed by atoms with Crippen molar-refractivity contribution in [3.63, 3.8) is 0 Å². The highest BCUT2D eigenvalue weighted by molar-refractivity contribution is 5.87. The van der Waals surface area contributed by atoms with Gasteiger partial charge in [0.15, 0.2) is 11.9 Å². The van der Waals surface area contributed by atoms with Crippen molar-refractivity contribution in [2.24, 2.45) is 0 Å². The lowest BCUT2D eigenvalue weighted by atomic mass is 10.3. The van der Waals surface area contributed by atoms with Gasteiger partial charge in [-0.3, -0.25) is 4.79 Å². The van der Waals surface area contributed by atoms with E-state index in [0.29, 0.717) is 5.76 Å². The van der Waals surface area contributed by atoms with Crippen LogP contribution in [0.3, 0.4) is 0 Å². The molecular formula is C7H9NO3. The highest BCUT2D eigenvalue weighted by Crippen LogP contribution is 2.32. The van der Waals surface area contributed by atoms with Crippen molar-refractivity contribution in [3.05, 3.63) is 12.0 Å². The predicted octanol–water partition coefficient (Wildman–Crippen LogP) is 0.109. The SMILES string of the molecule is CC1(C)OC2=CNC(=O)[C@H]2O1. The summed E-state index contributed by atoms with van der Waals surface area (Å²) in [5.41, 5.74) is 0. The molecular weight excluding hydrogens is 146 g/mol. The third kappa shape index (κ3) is 0.903.